The molecule has 0 spiro atoms. The molecule has 1 aromatic carbocycles. The van der Waals surface area contributed by atoms with E-state index < -0.39 is 98.5 Å². The molecule has 1 aromatic rings. The minimum Gasteiger partial charge on any atom is -0.465 e. The van der Waals surface area contributed by atoms with Crippen molar-refractivity contribution in [1.82, 2.24) is 25.2 Å². The number of alkyl halides is 3. The first-order valence-electron chi connectivity index (χ1n) is 18.7. The number of anilines is 1. The number of methoxy groups -OCH3 is 2. The van der Waals surface area contributed by atoms with Gasteiger partial charge in [0.2, 0.25) is 23.6 Å². The van der Waals surface area contributed by atoms with Gasteiger partial charge in [0.15, 0.2) is 0 Å². The number of sulfonamides is 1. The molecular weight excluding hydrogens is 793 g/mol. The number of benzene rings is 1. The van der Waals surface area contributed by atoms with Gasteiger partial charge in [0.25, 0.3) is 10.0 Å². The molecule has 7 atom stereocenters. The molecule has 1 aliphatic heterocycles. The van der Waals surface area contributed by atoms with Crippen LogP contribution in [0.3, 0.4) is 0 Å². The maximum absolute atomic E-state index is 14.1. The monoisotopic (exact) mass is 850 g/mol. The van der Waals surface area contributed by atoms with Crippen LogP contribution in [0.1, 0.15) is 74.1 Å². The van der Waals surface area contributed by atoms with E-state index in [-0.39, 0.29) is 30.5 Å². The predicted octanol–water partition coefficient (Wildman–Crippen LogP) is 3.10. The van der Waals surface area contributed by atoms with Crippen molar-refractivity contribution in [1.29, 1.82) is 0 Å². The Balaban J connectivity index is 2.27. The lowest BCUT2D eigenvalue weighted by atomic mass is 9.89. The van der Waals surface area contributed by atoms with Crippen LogP contribution < -0.4 is 20.7 Å². The lowest BCUT2D eigenvalue weighted by Crippen LogP contribution is -2.62. The first-order chi connectivity index (χ1) is 26.7. The van der Waals surface area contributed by atoms with Gasteiger partial charge in [-0.2, -0.15) is 13.2 Å². The molecule has 1 heterocycles. The van der Waals surface area contributed by atoms with Crippen molar-refractivity contribution in [2.75, 3.05) is 33.1 Å². The van der Waals surface area contributed by atoms with Gasteiger partial charge in [-0.3, -0.25) is 24.0 Å². The summed E-state index contributed by atoms with van der Waals surface area (Å²) in [7, 11) is -0.254. The Bertz CT molecular complexity index is 1740. The number of carboxylic acid groups (broad SMARTS) is 1. The Morgan fingerprint density at radius 3 is 2.05 bits per heavy atom. The Labute approximate surface area is 337 Å². The number of likely N-dealkylation sites (N-methyl/N-ethyl adjacent to an activating group) is 1. The van der Waals surface area contributed by atoms with E-state index in [1.54, 1.807) is 26.2 Å². The lowest BCUT2D eigenvalue weighted by molar-refractivity contribution is -0.167. The average molecular weight is 851 g/mol. The van der Waals surface area contributed by atoms with E-state index in [1.165, 1.54) is 44.8 Å². The van der Waals surface area contributed by atoms with Gasteiger partial charge in [-0.05, 0) is 62.8 Å². The maximum Gasteiger partial charge on any atom is 0.471 e. The van der Waals surface area contributed by atoms with Gasteiger partial charge in [-0.1, -0.05) is 41.0 Å². The number of hydrogen-bond acceptors (Lipinski definition) is 10. The van der Waals surface area contributed by atoms with Crippen LogP contribution in [0.25, 0.3) is 0 Å². The molecule has 0 aliphatic carbocycles. The Morgan fingerprint density at radius 1 is 0.983 bits per heavy atom. The van der Waals surface area contributed by atoms with Crippen molar-refractivity contribution in [3.05, 3.63) is 24.3 Å². The third-order valence-electron chi connectivity index (χ3n) is 10.4. The Kier molecular flexibility index (Phi) is 17.5. The molecule has 0 saturated carbocycles. The molecule has 17 nitrogen and oxygen atoms in total. The van der Waals surface area contributed by atoms with E-state index in [4.69, 9.17) is 9.47 Å². The Morgan fingerprint density at radius 2 is 1.57 bits per heavy atom. The molecule has 5 N–H and O–H groups in total. The second-order valence-electron chi connectivity index (χ2n) is 15.3. The molecule has 328 valence electrons. The topological polar surface area (TPSA) is 230 Å². The largest absolute Gasteiger partial charge is 0.471 e. The highest BCUT2D eigenvalue weighted by Crippen LogP contribution is 2.30. The molecule has 0 aromatic heterocycles. The van der Waals surface area contributed by atoms with Gasteiger partial charge in [0.1, 0.15) is 11.6 Å². The Hall–Kier alpha value is -4.50. The summed E-state index contributed by atoms with van der Waals surface area (Å²) in [5.74, 6) is -6.53. The molecule has 58 heavy (non-hydrogen) atoms. The van der Waals surface area contributed by atoms with E-state index in [1.807, 2.05) is 18.6 Å². The zero-order chi connectivity index (χ0) is 44.5. The van der Waals surface area contributed by atoms with Gasteiger partial charge in [-0.25, -0.2) is 17.9 Å². The van der Waals surface area contributed by atoms with E-state index in [0.29, 0.717) is 19.3 Å². The van der Waals surface area contributed by atoms with Gasteiger partial charge < -0.3 is 40.3 Å². The van der Waals surface area contributed by atoms with Crippen molar-refractivity contribution >= 4 is 51.3 Å². The minimum atomic E-state index is -5.16. The van der Waals surface area contributed by atoms with Gasteiger partial charge in [-0.15, -0.1) is 0 Å². The smallest absolute Gasteiger partial charge is 0.465 e. The third-order valence-corrected chi connectivity index (χ3v) is 11.7. The second-order valence-corrected chi connectivity index (χ2v) is 17.0. The molecule has 0 bridgehead atoms. The molecule has 0 radical (unpaired) electrons. The van der Waals surface area contributed by atoms with Crippen LogP contribution in [0.2, 0.25) is 0 Å². The first kappa shape index (κ1) is 49.6. The predicted molar refractivity (Wildman–Crippen MR) is 205 cm³/mol. The summed E-state index contributed by atoms with van der Waals surface area (Å²) in [5.41, 5.74) is -1.87. The van der Waals surface area contributed by atoms with Gasteiger partial charge >= 0.3 is 18.2 Å². The van der Waals surface area contributed by atoms with Crippen molar-refractivity contribution in [3.8, 4) is 0 Å². The number of halogens is 3. The third kappa shape index (κ3) is 12.7. The van der Waals surface area contributed by atoms with E-state index >= 15 is 0 Å². The molecular formula is C37H57F3N6O11S. The number of carbonyl (C=O) groups is 6. The SMILES string of the molecule is CC[C@H](C)[C@@H]([C@@H](CC(=O)N1CCC[C@H]1[C@H](OC)[C@@H](C)C(=O)NS(=O)(=O)c1ccc(NC(=O)C(F)(F)F)cc1)OC)N(C)C(=O)[C@@H](NC(=O)C(C)(C)NC(=O)O)C(C)C. The molecule has 2 rings (SSSR count). The summed E-state index contributed by atoms with van der Waals surface area (Å²) in [6, 6.07) is 1.31. The zero-order valence-electron chi connectivity index (χ0n) is 34.4. The zero-order valence-corrected chi connectivity index (χ0v) is 35.2. The summed E-state index contributed by atoms with van der Waals surface area (Å²) in [6.07, 6.45) is -7.06. The molecule has 1 saturated heterocycles. The summed E-state index contributed by atoms with van der Waals surface area (Å²) in [5, 5.41) is 15.6. The lowest BCUT2D eigenvalue weighted by Gasteiger charge is -2.41. The van der Waals surface area contributed by atoms with Gasteiger partial charge in [0, 0.05) is 33.5 Å². The highest BCUT2D eigenvalue weighted by molar-refractivity contribution is 7.90. The molecule has 21 heteroatoms. The van der Waals surface area contributed by atoms with E-state index in [9.17, 15) is 55.5 Å². The summed E-state index contributed by atoms with van der Waals surface area (Å²) >= 11 is 0. The highest BCUT2D eigenvalue weighted by Gasteiger charge is 2.44. The number of nitrogens with one attached hydrogen (secondary N) is 4. The van der Waals surface area contributed by atoms with Crippen molar-refractivity contribution in [2.24, 2.45) is 17.8 Å². The molecule has 0 unspecified atom stereocenters. The summed E-state index contributed by atoms with van der Waals surface area (Å²) in [4.78, 5) is 79.6. The molecule has 1 fully saturated rings. The van der Waals surface area contributed by atoms with Gasteiger partial charge in [0.05, 0.1) is 41.5 Å². The first-order valence-corrected chi connectivity index (χ1v) is 20.2. The number of likely N-dealkylation sites (tertiary alicyclic amines) is 1. The number of ether oxygens (including phenoxy) is 2. The van der Waals surface area contributed by atoms with Crippen LogP contribution in [0.4, 0.5) is 23.7 Å². The number of amides is 6. The quantitative estimate of drug-likeness (QED) is 0.136. The van der Waals surface area contributed by atoms with E-state index in [0.717, 1.165) is 24.3 Å². The van der Waals surface area contributed by atoms with Crippen LogP contribution >= 0.6 is 0 Å². The van der Waals surface area contributed by atoms with Crippen molar-refractivity contribution in [2.45, 2.75) is 121 Å². The normalized spacial score (nSPS) is 18.0. The number of nitrogens with zero attached hydrogens (tertiary/aromatic N) is 2. The second kappa shape index (κ2) is 20.5. The van der Waals surface area contributed by atoms with E-state index in [2.05, 4.69) is 10.6 Å². The van der Waals surface area contributed by atoms with Crippen LogP contribution in [0, 0.1) is 17.8 Å². The van der Waals surface area contributed by atoms with Crippen LogP contribution in [-0.4, -0.2) is 129 Å². The maximum atomic E-state index is 14.1. The fourth-order valence-electron chi connectivity index (χ4n) is 6.89. The van der Waals surface area contributed by atoms with Crippen molar-refractivity contribution < 1.29 is 64.9 Å². The van der Waals surface area contributed by atoms with Crippen LogP contribution in [-0.2, 0) is 43.5 Å². The minimum absolute atomic E-state index is 0.196. The fraction of sp³-hybridized carbons (Fsp3) is 0.676. The molecule has 1 aliphatic rings. The van der Waals surface area contributed by atoms with Crippen molar-refractivity contribution in [3.63, 3.8) is 0 Å². The summed E-state index contributed by atoms with van der Waals surface area (Å²) < 4.78 is 77.4. The molecule has 6 amide bonds. The number of hydrogen-bond donors (Lipinski definition) is 5. The standard InChI is InChI=1S/C37H57F3N6O11S/c1-11-21(4)29(45(8)32(49)28(20(2)3)42-33(50)36(6,7)43-35(52)53)26(56-9)19-27(47)46-18-12-13-25(46)30(57-10)22(5)31(48)44-58(54,55)24-16-14-23(15-17-24)41-34(51)37(38,39)40/h14-17,20-22,25-26,28-30,43H,11-13,18-19H2,1-10H3,(H,41,51)(H,42,50)(H,44,48)(H,52,53)/t21-,22+,25-,26+,28-,29-,30+/m0/s1. The number of carbonyl (C=O) groups excluding carboxylic acids is 5. The van der Waals surface area contributed by atoms with Crippen LogP contribution in [0.5, 0.6) is 0 Å². The number of rotatable bonds is 19. The van der Waals surface area contributed by atoms with Crippen LogP contribution in [0.15, 0.2) is 29.2 Å². The summed E-state index contributed by atoms with van der Waals surface area (Å²) in [6.45, 7) is 11.7. The highest BCUT2D eigenvalue weighted by atomic mass is 32.2. The average Bonchev–Trinajstić information content (AvgIpc) is 3.61. The fourth-order valence-corrected chi connectivity index (χ4v) is 7.95.